The number of aromatic amines is 1. The molecule has 1 aliphatic carbocycles. The Bertz CT molecular complexity index is 636. The molecule has 3 rings (SSSR count). The standard InChI is InChI=1S/C14H17N3O2S/c1-8(13(18)15-9-3-4-9)20-14-16-11-6-5-10(19-2)7-12(11)17-14/h5-9H,3-4H2,1-2H3,(H,15,18)(H,16,17). The van der Waals surface area contributed by atoms with E-state index in [-0.39, 0.29) is 11.2 Å². The highest BCUT2D eigenvalue weighted by molar-refractivity contribution is 8.00. The molecule has 0 aliphatic heterocycles. The average molecular weight is 291 g/mol. The van der Waals surface area contributed by atoms with Crippen LogP contribution < -0.4 is 10.1 Å². The lowest BCUT2D eigenvalue weighted by Gasteiger charge is -2.09. The zero-order valence-corrected chi connectivity index (χ0v) is 12.3. The van der Waals surface area contributed by atoms with Crippen molar-refractivity contribution in [1.29, 1.82) is 0 Å². The van der Waals surface area contributed by atoms with Gasteiger partial charge in [-0.05, 0) is 31.9 Å². The number of carbonyl (C=O) groups excluding carboxylic acids is 1. The van der Waals surface area contributed by atoms with Gasteiger partial charge in [0.2, 0.25) is 5.91 Å². The number of H-pyrrole nitrogens is 1. The average Bonchev–Trinajstić information content (AvgIpc) is 3.16. The van der Waals surface area contributed by atoms with Crippen molar-refractivity contribution in [2.45, 2.75) is 36.2 Å². The molecule has 0 spiro atoms. The van der Waals surface area contributed by atoms with Gasteiger partial charge in [0.25, 0.3) is 0 Å². The Labute approximate surface area is 121 Å². The largest absolute Gasteiger partial charge is 0.497 e. The molecule has 1 heterocycles. The maximum absolute atomic E-state index is 11.9. The second-order valence-electron chi connectivity index (χ2n) is 4.97. The number of nitrogens with zero attached hydrogens (tertiary/aromatic N) is 1. The summed E-state index contributed by atoms with van der Waals surface area (Å²) in [7, 11) is 1.64. The van der Waals surface area contributed by atoms with Gasteiger partial charge < -0.3 is 15.0 Å². The monoisotopic (exact) mass is 291 g/mol. The van der Waals surface area contributed by atoms with Crippen LogP contribution in [0.2, 0.25) is 0 Å². The molecule has 1 aromatic heterocycles. The van der Waals surface area contributed by atoms with Gasteiger partial charge >= 0.3 is 0 Å². The SMILES string of the molecule is COc1ccc2nc(SC(C)C(=O)NC3CC3)[nH]c2c1. The van der Waals surface area contributed by atoms with Crippen molar-refractivity contribution in [2.24, 2.45) is 0 Å². The molecular weight excluding hydrogens is 274 g/mol. The molecule has 0 radical (unpaired) electrons. The zero-order valence-electron chi connectivity index (χ0n) is 11.5. The lowest BCUT2D eigenvalue weighted by Crippen LogP contribution is -2.32. The highest BCUT2D eigenvalue weighted by Gasteiger charge is 2.26. The Morgan fingerprint density at radius 3 is 3.05 bits per heavy atom. The van der Waals surface area contributed by atoms with E-state index in [1.54, 1.807) is 7.11 Å². The highest BCUT2D eigenvalue weighted by Crippen LogP contribution is 2.26. The maximum Gasteiger partial charge on any atom is 0.233 e. The fourth-order valence-corrected chi connectivity index (χ4v) is 2.75. The molecule has 6 heteroatoms. The third-order valence-electron chi connectivity index (χ3n) is 3.25. The molecule has 1 fully saturated rings. The van der Waals surface area contributed by atoms with Crippen LogP contribution in [0.5, 0.6) is 5.75 Å². The van der Waals surface area contributed by atoms with Crippen LogP contribution in [0.4, 0.5) is 0 Å². The van der Waals surface area contributed by atoms with E-state index in [0.717, 1.165) is 34.8 Å². The number of aromatic nitrogens is 2. The first-order chi connectivity index (χ1) is 9.65. The molecule has 0 saturated heterocycles. The van der Waals surface area contributed by atoms with Crippen molar-refractivity contribution in [2.75, 3.05) is 7.11 Å². The molecule has 0 bridgehead atoms. The van der Waals surface area contributed by atoms with Gasteiger partial charge in [-0.3, -0.25) is 4.79 Å². The minimum atomic E-state index is -0.155. The number of rotatable bonds is 5. The summed E-state index contributed by atoms with van der Waals surface area (Å²) in [6.07, 6.45) is 2.21. The Kier molecular flexibility index (Phi) is 3.56. The van der Waals surface area contributed by atoms with Gasteiger partial charge in [0.15, 0.2) is 5.16 Å². The summed E-state index contributed by atoms with van der Waals surface area (Å²) < 4.78 is 5.18. The zero-order chi connectivity index (χ0) is 14.1. The van der Waals surface area contributed by atoms with Crippen molar-refractivity contribution in [3.05, 3.63) is 18.2 Å². The number of benzene rings is 1. The van der Waals surface area contributed by atoms with Crippen LogP contribution in [0.25, 0.3) is 11.0 Å². The summed E-state index contributed by atoms with van der Waals surface area (Å²) in [5.74, 6) is 0.868. The normalized spacial score (nSPS) is 16.1. The van der Waals surface area contributed by atoms with Crippen LogP contribution >= 0.6 is 11.8 Å². The van der Waals surface area contributed by atoms with Gasteiger partial charge in [-0.15, -0.1) is 0 Å². The smallest absolute Gasteiger partial charge is 0.233 e. The predicted octanol–water partition coefficient (Wildman–Crippen LogP) is 2.33. The van der Waals surface area contributed by atoms with E-state index in [4.69, 9.17) is 4.74 Å². The van der Waals surface area contributed by atoms with E-state index in [2.05, 4.69) is 15.3 Å². The predicted molar refractivity (Wildman–Crippen MR) is 79.1 cm³/mol. The summed E-state index contributed by atoms with van der Waals surface area (Å²) >= 11 is 1.44. The van der Waals surface area contributed by atoms with Gasteiger partial charge in [-0.2, -0.15) is 0 Å². The third kappa shape index (κ3) is 2.90. The summed E-state index contributed by atoms with van der Waals surface area (Å²) in [4.78, 5) is 19.6. The van der Waals surface area contributed by atoms with Crippen LogP contribution in [0.1, 0.15) is 19.8 Å². The highest BCUT2D eigenvalue weighted by atomic mass is 32.2. The molecule has 1 saturated carbocycles. The number of hydrogen-bond donors (Lipinski definition) is 2. The lowest BCUT2D eigenvalue weighted by atomic mass is 10.3. The molecule has 1 unspecified atom stereocenters. The Balaban J connectivity index is 1.71. The fourth-order valence-electron chi connectivity index (χ4n) is 1.92. The topological polar surface area (TPSA) is 67.0 Å². The molecule has 5 nitrogen and oxygen atoms in total. The second-order valence-corrected chi connectivity index (χ2v) is 6.30. The van der Waals surface area contributed by atoms with E-state index in [1.165, 1.54) is 11.8 Å². The van der Waals surface area contributed by atoms with Crippen LogP contribution in [-0.2, 0) is 4.79 Å². The molecule has 1 atom stereocenters. The van der Waals surface area contributed by atoms with E-state index < -0.39 is 0 Å². The number of imidazole rings is 1. The molecule has 106 valence electrons. The number of ether oxygens (including phenoxy) is 1. The number of methoxy groups -OCH3 is 1. The van der Waals surface area contributed by atoms with Crippen molar-refractivity contribution in [1.82, 2.24) is 15.3 Å². The Morgan fingerprint density at radius 1 is 1.55 bits per heavy atom. The van der Waals surface area contributed by atoms with Crippen LogP contribution in [0.3, 0.4) is 0 Å². The summed E-state index contributed by atoms with van der Waals surface area (Å²) in [6.45, 7) is 1.90. The molecular formula is C14H17N3O2S. The van der Waals surface area contributed by atoms with Crippen LogP contribution in [-0.4, -0.2) is 34.3 Å². The molecule has 2 N–H and O–H groups in total. The first-order valence-electron chi connectivity index (χ1n) is 6.66. The number of carbonyl (C=O) groups is 1. The molecule has 20 heavy (non-hydrogen) atoms. The van der Waals surface area contributed by atoms with Crippen LogP contribution in [0.15, 0.2) is 23.4 Å². The quantitative estimate of drug-likeness (QED) is 0.830. The number of hydrogen-bond acceptors (Lipinski definition) is 4. The van der Waals surface area contributed by atoms with E-state index >= 15 is 0 Å². The molecule has 1 amide bonds. The van der Waals surface area contributed by atoms with E-state index in [1.807, 2.05) is 25.1 Å². The van der Waals surface area contributed by atoms with Crippen LogP contribution in [0, 0.1) is 0 Å². The molecule has 1 aliphatic rings. The number of amides is 1. The van der Waals surface area contributed by atoms with Crippen molar-refractivity contribution in [3.8, 4) is 5.75 Å². The first-order valence-corrected chi connectivity index (χ1v) is 7.54. The third-order valence-corrected chi connectivity index (χ3v) is 4.23. The second kappa shape index (κ2) is 5.36. The van der Waals surface area contributed by atoms with Gasteiger partial charge in [0, 0.05) is 12.1 Å². The van der Waals surface area contributed by atoms with Gasteiger partial charge in [-0.1, -0.05) is 11.8 Å². The van der Waals surface area contributed by atoms with E-state index in [9.17, 15) is 4.79 Å². The van der Waals surface area contributed by atoms with Crippen molar-refractivity contribution in [3.63, 3.8) is 0 Å². The van der Waals surface area contributed by atoms with Gasteiger partial charge in [-0.25, -0.2) is 4.98 Å². The Hall–Kier alpha value is -1.69. The minimum Gasteiger partial charge on any atom is -0.497 e. The number of nitrogens with one attached hydrogen (secondary N) is 2. The van der Waals surface area contributed by atoms with Crippen molar-refractivity contribution < 1.29 is 9.53 Å². The molecule has 2 aromatic rings. The lowest BCUT2D eigenvalue weighted by molar-refractivity contribution is -0.120. The van der Waals surface area contributed by atoms with Crippen molar-refractivity contribution >= 4 is 28.7 Å². The molecule has 1 aromatic carbocycles. The number of thioether (sulfide) groups is 1. The fraction of sp³-hybridized carbons (Fsp3) is 0.429. The summed E-state index contributed by atoms with van der Waals surface area (Å²) in [5, 5.41) is 3.61. The Morgan fingerprint density at radius 2 is 2.35 bits per heavy atom. The summed E-state index contributed by atoms with van der Waals surface area (Å²) in [6, 6.07) is 6.08. The van der Waals surface area contributed by atoms with Gasteiger partial charge in [0.05, 0.1) is 23.4 Å². The number of fused-ring (bicyclic) bond motifs is 1. The first kappa shape index (κ1) is 13.3. The maximum atomic E-state index is 11.9. The minimum absolute atomic E-state index is 0.0792. The summed E-state index contributed by atoms with van der Waals surface area (Å²) in [5.41, 5.74) is 1.80. The van der Waals surface area contributed by atoms with E-state index in [0.29, 0.717) is 6.04 Å². The van der Waals surface area contributed by atoms with Gasteiger partial charge in [0.1, 0.15) is 5.75 Å².